The molecule has 0 N–H and O–H groups in total. The number of nitro benzene ring substituents is 1. The van der Waals surface area contributed by atoms with Crippen molar-refractivity contribution in [1.29, 1.82) is 0 Å². The van der Waals surface area contributed by atoms with E-state index in [1.54, 1.807) is 0 Å². The van der Waals surface area contributed by atoms with E-state index in [9.17, 15) is 32.5 Å². The molecule has 0 saturated heterocycles. The number of nitro groups is 1. The number of hydrogen-bond donors (Lipinski definition) is 0. The summed E-state index contributed by atoms with van der Waals surface area (Å²) >= 11 is 0. The Kier molecular flexibility index (Phi) is 3.16. The van der Waals surface area contributed by atoms with Gasteiger partial charge in [-0.3, -0.25) is 14.9 Å². The second-order valence-corrected chi connectivity index (χ2v) is 3.13. The second kappa shape index (κ2) is 4.11. The minimum Gasteiger partial charge on any atom is -0.294 e. The molecule has 1 aromatic rings. The first-order chi connectivity index (χ1) is 7.66. The molecular formula is C9H5F4NO3. The van der Waals surface area contributed by atoms with Crippen LogP contribution in [-0.2, 0) is 6.18 Å². The van der Waals surface area contributed by atoms with Crippen molar-refractivity contribution >= 4 is 11.5 Å². The van der Waals surface area contributed by atoms with E-state index in [2.05, 4.69) is 0 Å². The number of Topliss-reactive ketones (excluding diaryl/α,β-unsaturated/α-hetero) is 1. The van der Waals surface area contributed by atoms with Crippen LogP contribution in [0.4, 0.5) is 23.2 Å². The van der Waals surface area contributed by atoms with Crippen LogP contribution in [0, 0.1) is 15.9 Å². The van der Waals surface area contributed by atoms with Crippen molar-refractivity contribution in [1.82, 2.24) is 0 Å². The van der Waals surface area contributed by atoms with Crippen molar-refractivity contribution in [3.63, 3.8) is 0 Å². The van der Waals surface area contributed by atoms with Crippen LogP contribution in [-0.4, -0.2) is 10.7 Å². The summed E-state index contributed by atoms with van der Waals surface area (Å²) in [5.74, 6) is -2.86. The predicted octanol–water partition coefficient (Wildman–Crippen LogP) is 2.96. The summed E-state index contributed by atoms with van der Waals surface area (Å²) in [5, 5.41) is 10.4. The monoisotopic (exact) mass is 251 g/mol. The maximum Gasteiger partial charge on any atom is 0.425 e. The quantitative estimate of drug-likeness (QED) is 0.351. The summed E-state index contributed by atoms with van der Waals surface area (Å²) in [7, 11) is 0. The first kappa shape index (κ1) is 13.1. The summed E-state index contributed by atoms with van der Waals surface area (Å²) in [6.45, 7) is 0.865. The van der Waals surface area contributed by atoms with Gasteiger partial charge in [-0.2, -0.15) is 13.2 Å². The molecule has 0 bridgehead atoms. The van der Waals surface area contributed by atoms with Gasteiger partial charge in [-0.05, 0) is 13.0 Å². The molecule has 1 aromatic carbocycles. The molecule has 4 nitrogen and oxygen atoms in total. The number of ketones is 1. The topological polar surface area (TPSA) is 60.2 Å². The van der Waals surface area contributed by atoms with Crippen molar-refractivity contribution in [2.45, 2.75) is 13.1 Å². The number of nitrogens with zero attached hydrogens (tertiary/aromatic N) is 1. The normalized spacial score (nSPS) is 11.4. The summed E-state index contributed by atoms with van der Waals surface area (Å²) in [6.07, 6.45) is -5.24. The molecule has 0 radical (unpaired) electrons. The number of halogens is 4. The Morgan fingerprint density at radius 3 is 2.24 bits per heavy atom. The zero-order valence-corrected chi connectivity index (χ0v) is 8.34. The zero-order chi connectivity index (χ0) is 13.4. The summed E-state index contributed by atoms with van der Waals surface area (Å²) < 4.78 is 50.8. The molecule has 8 heteroatoms. The lowest BCUT2D eigenvalue weighted by molar-refractivity contribution is -0.388. The first-order valence-corrected chi connectivity index (χ1v) is 4.21. The van der Waals surface area contributed by atoms with E-state index in [0.29, 0.717) is 12.1 Å². The average Bonchev–Trinajstić information content (AvgIpc) is 2.14. The lowest BCUT2D eigenvalue weighted by Gasteiger charge is -2.10. The summed E-state index contributed by atoms with van der Waals surface area (Å²) in [5.41, 5.74) is -4.28. The van der Waals surface area contributed by atoms with Gasteiger partial charge in [0, 0.05) is 6.07 Å². The highest BCUT2D eigenvalue weighted by atomic mass is 19.4. The van der Waals surface area contributed by atoms with Crippen LogP contribution in [0.1, 0.15) is 22.8 Å². The van der Waals surface area contributed by atoms with Crippen molar-refractivity contribution in [2.24, 2.45) is 0 Å². The van der Waals surface area contributed by atoms with Gasteiger partial charge in [0.1, 0.15) is 0 Å². The molecule has 0 aliphatic carbocycles. The minimum atomic E-state index is -5.24. The number of rotatable bonds is 2. The number of carbonyl (C=O) groups excluding carboxylic acids is 1. The molecule has 0 aliphatic heterocycles. The Morgan fingerprint density at radius 2 is 1.88 bits per heavy atom. The Balaban J connectivity index is 3.65. The molecule has 0 fully saturated rings. The van der Waals surface area contributed by atoms with Crippen molar-refractivity contribution in [3.05, 3.63) is 39.2 Å². The lowest BCUT2D eigenvalue weighted by atomic mass is 10.0. The summed E-state index contributed by atoms with van der Waals surface area (Å²) in [6, 6.07) is 1.12. The van der Waals surface area contributed by atoms with Crippen LogP contribution >= 0.6 is 0 Å². The van der Waals surface area contributed by atoms with Crippen molar-refractivity contribution in [3.8, 4) is 0 Å². The molecular weight excluding hydrogens is 246 g/mol. The zero-order valence-electron chi connectivity index (χ0n) is 8.34. The van der Waals surface area contributed by atoms with Crippen molar-refractivity contribution < 1.29 is 27.3 Å². The van der Waals surface area contributed by atoms with Crippen LogP contribution in [0.25, 0.3) is 0 Å². The fraction of sp³-hybridized carbons (Fsp3) is 0.222. The van der Waals surface area contributed by atoms with E-state index >= 15 is 0 Å². The maximum absolute atomic E-state index is 13.4. The van der Waals surface area contributed by atoms with E-state index in [-0.39, 0.29) is 0 Å². The Bertz CT molecular complexity index is 496. The predicted molar refractivity (Wildman–Crippen MR) is 48.1 cm³/mol. The minimum absolute atomic E-state index is 0.461. The van der Waals surface area contributed by atoms with E-state index in [1.165, 1.54) is 0 Å². The highest BCUT2D eigenvalue weighted by molar-refractivity contribution is 5.95. The van der Waals surface area contributed by atoms with Gasteiger partial charge in [0.15, 0.2) is 17.2 Å². The molecule has 92 valence electrons. The average molecular weight is 251 g/mol. The Labute approximate surface area is 92.0 Å². The van der Waals surface area contributed by atoms with Gasteiger partial charge >= 0.3 is 6.18 Å². The third kappa shape index (κ3) is 2.40. The van der Waals surface area contributed by atoms with E-state index in [1.807, 2.05) is 0 Å². The van der Waals surface area contributed by atoms with E-state index < -0.39 is 39.5 Å². The SMILES string of the molecule is CC(=O)c1ccc([N+](=O)[O-])c(C(F)(F)F)c1F. The number of alkyl halides is 3. The number of benzene rings is 1. The molecule has 0 unspecified atom stereocenters. The first-order valence-electron chi connectivity index (χ1n) is 4.21. The third-order valence-electron chi connectivity index (χ3n) is 1.98. The highest BCUT2D eigenvalue weighted by Gasteiger charge is 2.43. The molecule has 17 heavy (non-hydrogen) atoms. The van der Waals surface area contributed by atoms with Crippen LogP contribution in [0.15, 0.2) is 12.1 Å². The Morgan fingerprint density at radius 1 is 1.35 bits per heavy atom. The van der Waals surface area contributed by atoms with Gasteiger partial charge in [0.2, 0.25) is 0 Å². The molecule has 0 aromatic heterocycles. The van der Waals surface area contributed by atoms with Gasteiger partial charge in [0.05, 0.1) is 10.5 Å². The summed E-state index contributed by atoms with van der Waals surface area (Å²) in [4.78, 5) is 19.9. The molecule has 1 rings (SSSR count). The lowest BCUT2D eigenvalue weighted by Crippen LogP contribution is -2.14. The standard InChI is InChI=1S/C9H5F4NO3/c1-4(15)5-2-3-6(14(16)17)7(8(5)10)9(11,12)13/h2-3H,1H3. The third-order valence-corrected chi connectivity index (χ3v) is 1.98. The van der Waals surface area contributed by atoms with Crippen LogP contribution in [0.2, 0.25) is 0 Å². The Hall–Kier alpha value is -1.99. The van der Waals surface area contributed by atoms with Gasteiger partial charge < -0.3 is 0 Å². The molecule has 0 amide bonds. The largest absolute Gasteiger partial charge is 0.425 e. The van der Waals surface area contributed by atoms with Crippen LogP contribution in [0.5, 0.6) is 0 Å². The van der Waals surface area contributed by atoms with Crippen LogP contribution in [0.3, 0.4) is 0 Å². The van der Waals surface area contributed by atoms with Gasteiger partial charge in [-0.15, -0.1) is 0 Å². The van der Waals surface area contributed by atoms with E-state index in [0.717, 1.165) is 6.92 Å². The molecule has 0 heterocycles. The fourth-order valence-corrected chi connectivity index (χ4v) is 1.26. The number of carbonyl (C=O) groups is 1. The molecule has 0 saturated carbocycles. The maximum atomic E-state index is 13.4. The fourth-order valence-electron chi connectivity index (χ4n) is 1.26. The van der Waals surface area contributed by atoms with E-state index in [4.69, 9.17) is 0 Å². The van der Waals surface area contributed by atoms with Gasteiger partial charge in [-0.25, -0.2) is 4.39 Å². The van der Waals surface area contributed by atoms with Gasteiger partial charge in [0.25, 0.3) is 5.69 Å². The molecule has 0 spiro atoms. The molecule has 0 aliphatic rings. The molecule has 0 atom stereocenters. The van der Waals surface area contributed by atoms with Gasteiger partial charge in [-0.1, -0.05) is 0 Å². The van der Waals surface area contributed by atoms with Crippen LogP contribution < -0.4 is 0 Å². The highest BCUT2D eigenvalue weighted by Crippen LogP contribution is 2.38. The van der Waals surface area contributed by atoms with Crippen molar-refractivity contribution in [2.75, 3.05) is 0 Å². The second-order valence-electron chi connectivity index (χ2n) is 3.13. The smallest absolute Gasteiger partial charge is 0.294 e. The number of hydrogen-bond acceptors (Lipinski definition) is 3.